The van der Waals surface area contributed by atoms with Crippen LogP contribution in [0.4, 0.5) is 0 Å². The van der Waals surface area contributed by atoms with Crippen LogP contribution in [0.2, 0.25) is 0 Å². The summed E-state index contributed by atoms with van der Waals surface area (Å²) >= 11 is 0. The Morgan fingerprint density at radius 3 is 2.29 bits per heavy atom. The highest BCUT2D eigenvalue weighted by molar-refractivity contribution is 6.08. The molecule has 3 nitrogen and oxygen atoms in total. The number of nitrogens with zero attached hydrogens (tertiary/aromatic N) is 2. The SMILES string of the molecule is Cc1ccc(C(=O)c2ccc(C#N)cc2)cn1. The van der Waals surface area contributed by atoms with Gasteiger partial charge in [0.2, 0.25) is 0 Å². The van der Waals surface area contributed by atoms with Crippen LogP contribution in [0.25, 0.3) is 0 Å². The van der Waals surface area contributed by atoms with Crippen LogP contribution in [-0.2, 0) is 0 Å². The Morgan fingerprint density at radius 2 is 1.76 bits per heavy atom. The predicted molar refractivity (Wildman–Crippen MR) is 63.6 cm³/mol. The van der Waals surface area contributed by atoms with Gasteiger partial charge in [0.1, 0.15) is 0 Å². The van der Waals surface area contributed by atoms with E-state index in [0.717, 1.165) is 5.69 Å². The summed E-state index contributed by atoms with van der Waals surface area (Å²) < 4.78 is 0. The zero-order chi connectivity index (χ0) is 12.3. The quantitative estimate of drug-likeness (QED) is 0.733. The van der Waals surface area contributed by atoms with Crippen molar-refractivity contribution in [3.05, 3.63) is 65.0 Å². The van der Waals surface area contributed by atoms with Crippen LogP contribution in [0.5, 0.6) is 0 Å². The Hall–Kier alpha value is -2.47. The van der Waals surface area contributed by atoms with Gasteiger partial charge in [0.15, 0.2) is 5.78 Å². The van der Waals surface area contributed by atoms with E-state index in [9.17, 15) is 4.79 Å². The number of aryl methyl sites for hydroxylation is 1. The van der Waals surface area contributed by atoms with Crippen molar-refractivity contribution in [1.82, 2.24) is 4.98 Å². The minimum atomic E-state index is -0.0815. The molecule has 0 radical (unpaired) electrons. The summed E-state index contributed by atoms with van der Waals surface area (Å²) in [7, 11) is 0. The fourth-order valence-corrected chi connectivity index (χ4v) is 1.46. The fraction of sp³-hybridized carbons (Fsp3) is 0.0714. The molecule has 17 heavy (non-hydrogen) atoms. The summed E-state index contributed by atoms with van der Waals surface area (Å²) in [6, 6.07) is 12.1. The molecule has 0 amide bonds. The first kappa shape index (κ1) is 11.0. The molecule has 1 aromatic heterocycles. The van der Waals surface area contributed by atoms with Gasteiger partial charge < -0.3 is 0 Å². The van der Waals surface area contributed by atoms with Crippen LogP contribution >= 0.6 is 0 Å². The average Bonchev–Trinajstić information content (AvgIpc) is 2.39. The number of carbonyl (C=O) groups excluding carboxylic acids is 1. The van der Waals surface area contributed by atoms with Gasteiger partial charge in [-0.3, -0.25) is 9.78 Å². The van der Waals surface area contributed by atoms with Gasteiger partial charge in [0, 0.05) is 23.0 Å². The number of hydrogen-bond donors (Lipinski definition) is 0. The molecule has 0 fully saturated rings. The van der Waals surface area contributed by atoms with E-state index in [0.29, 0.717) is 16.7 Å². The Bertz CT molecular complexity index is 577. The van der Waals surface area contributed by atoms with Crippen LogP contribution in [-0.4, -0.2) is 10.8 Å². The van der Waals surface area contributed by atoms with Crippen molar-refractivity contribution in [3.63, 3.8) is 0 Å². The molecule has 0 saturated heterocycles. The third-order valence-electron chi connectivity index (χ3n) is 2.45. The summed E-state index contributed by atoms with van der Waals surface area (Å²) in [4.78, 5) is 16.1. The standard InChI is InChI=1S/C14H10N2O/c1-10-2-5-13(9-16-10)14(17)12-6-3-11(8-15)4-7-12/h2-7,9H,1H3. The topological polar surface area (TPSA) is 53.8 Å². The molecule has 2 aromatic rings. The normalized spacial score (nSPS) is 9.65. The molecule has 0 bridgehead atoms. The van der Waals surface area contributed by atoms with Crippen LogP contribution < -0.4 is 0 Å². The lowest BCUT2D eigenvalue weighted by atomic mass is 10.0. The molecule has 0 atom stereocenters. The van der Waals surface area contributed by atoms with E-state index >= 15 is 0 Å². The van der Waals surface area contributed by atoms with E-state index < -0.39 is 0 Å². The molecular weight excluding hydrogens is 212 g/mol. The van der Waals surface area contributed by atoms with Gasteiger partial charge in [-0.15, -0.1) is 0 Å². The number of rotatable bonds is 2. The Balaban J connectivity index is 2.31. The first-order valence-corrected chi connectivity index (χ1v) is 5.18. The predicted octanol–water partition coefficient (Wildman–Crippen LogP) is 2.49. The lowest BCUT2D eigenvalue weighted by Crippen LogP contribution is -2.02. The van der Waals surface area contributed by atoms with Crippen molar-refractivity contribution in [2.75, 3.05) is 0 Å². The van der Waals surface area contributed by atoms with Crippen molar-refractivity contribution < 1.29 is 4.79 Å². The van der Waals surface area contributed by atoms with E-state index in [-0.39, 0.29) is 5.78 Å². The summed E-state index contributed by atoms with van der Waals surface area (Å²) in [6.45, 7) is 1.87. The zero-order valence-electron chi connectivity index (χ0n) is 9.34. The molecule has 1 aromatic carbocycles. The first-order chi connectivity index (χ1) is 8.20. The molecule has 2 rings (SSSR count). The highest BCUT2D eigenvalue weighted by Gasteiger charge is 2.08. The summed E-state index contributed by atoms with van der Waals surface area (Å²) in [6.07, 6.45) is 1.57. The summed E-state index contributed by atoms with van der Waals surface area (Å²) in [5.74, 6) is -0.0815. The van der Waals surface area contributed by atoms with Crippen LogP contribution in [0.15, 0.2) is 42.6 Å². The smallest absolute Gasteiger partial charge is 0.194 e. The molecule has 1 heterocycles. The molecule has 0 aliphatic carbocycles. The van der Waals surface area contributed by atoms with Crippen LogP contribution in [0.1, 0.15) is 27.2 Å². The van der Waals surface area contributed by atoms with E-state index in [4.69, 9.17) is 5.26 Å². The van der Waals surface area contributed by atoms with Gasteiger partial charge in [0.25, 0.3) is 0 Å². The number of nitriles is 1. The Morgan fingerprint density at radius 1 is 1.12 bits per heavy atom. The number of benzene rings is 1. The van der Waals surface area contributed by atoms with Crippen LogP contribution in [0, 0.1) is 18.3 Å². The minimum Gasteiger partial charge on any atom is -0.289 e. The molecule has 0 aliphatic rings. The number of hydrogen-bond acceptors (Lipinski definition) is 3. The number of carbonyl (C=O) groups is 1. The Kier molecular flexibility index (Phi) is 2.97. The van der Waals surface area contributed by atoms with Gasteiger partial charge in [0.05, 0.1) is 11.6 Å². The minimum absolute atomic E-state index is 0.0815. The van der Waals surface area contributed by atoms with Gasteiger partial charge in [-0.1, -0.05) is 0 Å². The largest absolute Gasteiger partial charge is 0.289 e. The first-order valence-electron chi connectivity index (χ1n) is 5.18. The van der Waals surface area contributed by atoms with E-state index in [1.807, 2.05) is 13.0 Å². The molecule has 0 spiro atoms. The van der Waals surface area contributed by atoms with Gasteiger partial charge in [-0.05, 0) is 43.3 Å². The van der Waals surface area contributed by atoms with E-state index in [2.05, 4.69) is 4.98 Å². The lowest BCUT2D eigenvalue weighted by Gasteiger charge is -2.01. The van der Waals surface area contributed by atoms with Crippen molar-refractivity contribution in [1.29, 1.82) is 5.26 Å². The van der Waals surface area contributed by atoms with Crippen molar-refractivity contribution in [3.8, 4) is 6.07 Å². The molecule has 3 heteroatoms. The van der Waals surface area contributed by atoms with Crippen molar-refractivity contribution >= 4 is 5.78 Å². The second kappa shape index (κ2) is 4.58. The summed E-state index contributed by atoms with van der Waals surface area (Å²) in [5.41, 5.74) is 2.54. The van der Waals surface area contributed by atoms with Crippen molar-refractivity contribution in [2.24, 2.45) is 0 Å². The fourth-order valence-electron chi connectivity index (χ4n) is 1.46. The number of aromatic nitrogens is 1. The van der Waals surface area contributed by atoms with Crippen LogP contribution in [0.3, 0.4) is 0 Å². The second-order valence-electron chi connectivity index (χ2n) is 3.71. The highest BCUT2D eigenvalue weighted by atomic mass is 16.1. The third-order valence-corrected chi connectivity index (χ3v) is 2.45. The maximum atomic E-state index is 12.0. The zero-order valence-corrected chi connectivity index (χ0v) is 9.34. The third kappa shape index (κ3) is 2.37. The number of pyridine rings is 1. The Labute approximate surface area is 99.4 Å². The maximum Gasteiger partial charge on any atom is 0.194 e. The van der Waals surface area contributed by atoms with Gasteiger partial charge in [-0.2, -0.15) is 5.26 Å². The summed E-state index contributed by atoms with van der Waals surface area (Å²) in [5, 5.41) is 8.67. The highest BCUT2D eigenvalue weighted by Crippen LogP contribution is 2.10. The molecular formula is C14H10N2O. The molecule has 82 valence electrons. The van der Waals surface area contributed by atoms with Crippen molar-refractivity contribution in [2.45, 2.75) is 6.92 Å². The molecule has 0 N–H and O–H groups in total. The maximum absolute atomic E-state index is 12.0. The number of ketones is 1. The monoisotopic (exact) mass is 222 g/mol. The van der Waals surface area contributed by atoms with Gasteiger partial charge >= 0.3 is 0 Å². The molecule has 0 unspecified atom stereocenters. The van der Waals surface area contributed by atoms with E-state index in [1.165, 1.54) is 0 Å². The van der Waals surface area contributed by atoms with E-state index in [1.54, 1.807) is 42.6 Å². The lowest BCUT2D eigenvalue weighted by molar-refractivity contribution is 0.103. The molecule has 0 aliphatic heterocycles. The average molecular weight is 222 g/mol. The molecule has 0 saturated carbocycles. The second-order valence-corrected chi connectivity index (χ2v) is 3.71. The van der Waals surface area contributed by atoms with Gasteiger partial charge in [-0.25, -0.2) is 0 Å².